The average molecular weight is 428 g/mol. The van der Waals surface area contributed by atoms with Gasteiger partial charge in [-0.2, -0.15) is 4.31 Å². The van der Waals surface area contributed by atoms with Gasteiger partial charge in [-0.1, -0.05) is 12.5 Å². The van der Waals surface area contributed by atoms with E-state index >= 15 is 0 Å². The molecule has 6 nitrogen and oxygen atoms in total. The second-order valence-electron chi connectivity index (χ2n) is 8.36. The number of sulfonamides is 1. The molecule has 1 saturated carbocycles. The fraction of sp³-hybridized carbons (Fsp3) is 0.650. The molecule has 1 aromatic carbocycles. The van der Waals surface area contributed by atoms with Crippen molar-refractivity contribution in [3.05, 3.63) is 29.8 Å². The first-order chi connectivity index (χ1) is 12.9. The molecule has 3 fully saturated rings. The van der Waals surface area contributed by atoms with Crippen molar-refractivity contribution < 1.29 is 13.2 Å². The maximum Gasteiger partial charge on any atom is 0.253 e. The summed E-state index contributed by atoms with van der Waals surface area (Å²) in [5.74, 6) is 0.792. The topological polar surface area (TPSA) is 83.7 Å². The highest BCUT2D eigenvalue weighted by Gasteiger charge is 2.42. The SMILES string of the molecule is CC1CCCCN1S(=O)(=O)c1cccc(C(=O)N2CC3CCC(N)C3C2)c1.Cl. The van der Waals surface area contributed by atoms with E-state index in [0.717, 1.165) is 38.6 Å². The third kappa shape index (κ3) is 3.82. The molecule has 1 aliphatic carbocycles. The van der Waals surface area contributed by atoms with Crippen molar-refractivity contribution in [2.45, 2.75) is 56.0 Å². The van der Waals surface area contributed by atoms with Crippen LogP contribution in [0.25, 0.3) is 0 Å². The van der Waals surface area contributed by atoms with Crippen LogP contribution in [0, 0.1) is 11.8 Å². The summed E-state index contributed by atoms with van der Waals surface area (Å²) in [7, 11) is -3.57. The first-order valence-corrected chi connectivity index (χ1v) is 11.5. The zero-order valence-corrected chi connectivity index (χ0v) is 17.9. The summed E-state index contributed by atoms with van der Waals surface area (Å²) < 4.78 is 27.7. The molecule has 1 aromatic rings. The van der Waals surface area contributed by atoms with Gasteiger partial charge in [0.15, 0.2) is 0 Å². The molecule has 156 valence electrons. The van der Waals surface area contributed by atoms with E-state index in [-0.39, 0.29) is 35.3 Å². The summed E-state index contributed by atoms with van der Waals surface area (Å²) in [5, 5.41) is 0. The summed E-state index contributed by atoms with van der Waals surface area (Å²) in [5.41, 5.74) is 6.63. The van der Waals surface area contributed by atoms with Crippen LogP contribution >= 0.6 is 12.4 Å². The Hall–Kier alpha value is -1.15. The molecule has 8 heteroatoms. The van der Waals surface area contributed by atoms with Crippen molar-refractivity contribution in [1.82, 2.24) is 9.21 Å². The number of likely N-dealkylation sites (tertiary alicyclic amines) is 1. The molecule has 28 heavy (non-hydrogen) atoms. The van der Waals surface area contributed by atoms with Gasteiger partial charge < -0.3 is 10.6 Å². The minimum Gasteiger partial charge on any atom is -0.338 e. The van der Waals surface area contributed by atoms with Crippen LogP contribution in [-0.4, -0.2) is 55.2 Å². The number of amides is 1. The molecule has 1 amide bonds. The Bertz CT molecular complexity index is 832. The molecule has 0 aromatic heterocycles. The van der Waals surface area contributed by atoms with Crippen molar-refractivity contribution >= 4 is 28.3 Å². The lowest BCUT2D eigenvalue weighted by Gasteiger charge is -2.32. The number of nitrogens with two attached hydrogens (primary N) is 1. The third-order valence-corrected chi connectivity index (χ3v) is 8.64. The quantitative estimate of drug-likeness (QED) is 0.803. The zero-order valence-electron chi connectivity index (χ0n) is 16.3. The molecule has 3 aliphatic rings. The number of fused-ring (bicyclic) bond motifs is 1. The molecule has 0 spiro atoms. The maximum atomic E-state index is 13.1. The van der Waals surface area contributed by atoms with E-state index in [1.165, 1.54) is 0 Å². The van der Waals surface area contributed by atoms with Gasteiger partial charge >= 0.3 is 0 Å². The van der Waals surface area contributed by atoms with Crippen LogP contribution in [0.2, 0.25) is 0 Å². The van der Waals surface area contributed by atoms with E-state index < -0.39 is 10.0 Å². The van der Waals surface area contributed by atoms with Crippen molar-refractivity contribution in [2.24, 2.45) is 17.6 Å². The summed E-state index contributed by atoms with van der Waals surface area (Å²) in [6.07, 6.45) is 4.95. The maximum absolute atomic E-state index is 13.1. The second-order valence-corrected chi connectivity index (χ2v) is 10.3. The van der Waals surface area contributed by atoms with E-state index in [9.17, 15) is 13.2 Å². The number of hydrogen-bond donors (Lipinski definition) is 1. The number of rotatable bonds is 3. The lowest BCUT2D eigenvalue weighted by molar-refractivity contribution is 0.0779. The van der Waals surface area contributed by atoms with Gasteiger partial charge in [-0.15, -0.1) is 12.4 Å². The first-order valence-electron chi connectivity index (χ1n) is 10.0. The number of halogens is 1. The number of benzene rings is 1. The standard InChI is InChI=1S/C20H29N3O3S.ClH/c1-14-5-2-3-10-23(14)27(25,26)17-7-4-6-15(11-17)20(24)22-12-16-8-9-19(21)18(16)13-22;/h4,6-7,11,14,16,18-19H,2-3,5,8-10,12-13,21H2,1H3;1H. The lowest BCUT2D eigenvalue weighted by Crippen LogP contribution is -2.42. The fourth-order valence-corrected chi connectivity index (χ4v) is 6.76. The minimum absolute atomic E-state index is 0. The summed E-state index contributed by atoms with van der Waals surface area (Å²) in [6, 6.07) is 6.73. The first kappa shape index (κ1) is 21.6. The summed E-state index contributed by atoms with van der Waals surface area (Å²) >= 11 is 0. The third-order valence-electron chi connectivity index (χ3n) is 6.63. The number of hydrogen-bond acceptors (Lipinski definition) is 4. The largest absolute Gasteiger partial charge is 0.338 e. The van der Waals surface area contributed by atoms with Gasteiger partial charge in [-0.25, -0.2) is 8.42 Å². The Morgan fingerprint density at radius 2 is 1.93 bits per heavy atom. The lowest BCUT2D eigenvalue weighted by atomic mass is 9.98. The van der Waals surface area contributed by atoms with Crippen LogP contribution in [0.4, 0.5) is 0 Å². The molecule has 4 atom stereocenters. The smallest absolute Gasteiger partial charge is 0.253 e. The molecule has 2 heterocycles. The van der Waals surface area contributed by atoms with E-state index in [1.807, 2.05) is 11.8 Å². The van der Waals surface area contributed by atoms with Crippen molar-refractivity contribution in [1.29, 1.82) is 0 Å². The highest BCUT2D eigenvalue weighted by atomic mass is 35.5. The van der Waals surface area contributed by atoms with Gasteiger partial charge in [-0.3, -0.25) is 4.79 Å². The van der Waals surface area contributed by atoms with Gasteiger partial charge in [0.05, 0.1) is 4.90 Å². The van der Waals surface area contributed by atoms with Crippen LogP contribution in [0.15, 0.2) is 29.2 Å². The monoisotopic (exact) mass is 427 g/mol. The van der Waals surface area contributed by atoms with Gasteiger partial charge in [0.2, 0.25) is 10.0 Å². The minimum atomic E-state index is -3.57. The van der Waals surface area contributed by atoms with Crippen molar-refractivity contribution in [3.8, 4) is 0 Å². The predicted molar refractivity (Wildman–Crippen MR) is 111 cm³/mol. The van der Waals surface area contributed by atoms with Crippen LogP contribution in [-0.2, 0) is 10.0 Å². The molecule has 0 bridgehead atoms. The Morgan fingerprint density at radius 1 is 1.14 bits per heavy atom. The Kier molecular flexibility index (Phi) is 6.39. The number of piperidine rings is 1. The number of carbonyl (C=O) groups excluding carboxylic acids is 1. The Labute approximate surface area is 173 Å². The highest BCUT2D eigenvalue weighted by molar-refractivity contribution is 7.89. The summed E-state index contributed by atoms with van der Waals surface area (Å²) in [4.78, 5) is 15.1. The second kappa shape index (κ2) is 8.30. The van der Waals surface area contributed by atoms with Crippen molar-refractivity contribution in [2.75, 3.05) is 19.6 Å². The zero-order chi connectivity index (χ0) is 19.2. The number of carbonyl (C=O) groups is 1. The van der Waals surface area contributed by atoms with Crippen LogP contribution < -0.4 is 5.73 Å². The fourth-order valence-electron chi connectivity index (χ4n) is 5.01. The molecule has 4 rings (SSSR count). The van der Waals surface area contributed by atoms with Gasteiger partial charge in [0.1, 0.15) is 0 Å². The van der Waals surface area contributed by atoms with Gasteiger partial charge in [0, 0.05) is 37.3 Å². The van der Waals surface area contributed by atoms with Crippen LogP contribution in [0.5, 0.6) is 0 Å². The molecular formula is C20H30ClN3O3S. The van der Waals surface area contributed by atoms with Crippen LogP contribution in [0.3, 0.4) is 0 Å². The average Bonchev–Trinajstić information content (AvgIpc) is 3.24. The molecular weight excluding hydrogens is 398 g/mol. The van der Waals surface area contributed by atoms with Crippen molar-refractivity contribution in [3.63, 3.8) is 0 Å². The number of nitrogens with zero attached hydrogens (tertiary/aromatic N) is 2. The van der Waals surface area contributed by atoms with E-state index in [2.05, 4.69) is 0 Å². The molecule has 2 saturated heterocycles. The highest BCUT2D eigenvalue weighted by Crippen LogP contribution is 2.37. The van der Waals surface area contributed by atoms with Gasteiger partial charge in [0.25, 0.3) is 5.91 Å². The van der Waals surface area contributed by atoms with E-state index in [0.29, 0.717) is 30.5 Å². The predicted octanol–water partition coefficient (Wildman–Crippen LogP) is 2.48. The molecule has 2 N–H and O–H groups in total. The Morgan fingerprint density at radius 3 is 2.64 bits per heavy atom. The molecule has 4 unspecified atom stereocenters. The van der Waals surface area contributed by atoms with E-state index in [4.69, 9.17) is 5.73 Å². The molecule has 0 radical (unpaired) electrons. The normalized spacial score (nSPS) is 30.7. The van der Waals surface area contributed by atoms with Gasteiger partial charge in [-0.05, 0) is 62.6 Å². The molecule has 2 aliphatic heterocycles. The van der Waals surface area contributed by atoms with Crippen LogP contribution in [0.1, 0.15) is 49.4 Å². The Balaban J connectivity index is 0.00000225. The van der Waals surface area contributed by atoms with E-state index in [1.54, 1.807) is 28.6 Å². The summed E-state index contributed by atoms with van der Waals surface area (Å²) in [6.45, 7) is 3.93.